The lowest BCUT2D eigenvalue weighted by Crippen LogP contribution is -2.24. The van der Waals surface area contributed by atoms with Crippen LogP contribution in [0.3, 0.4) is 0 Å². The number of aliphatic hydroxyl groups is 1. The molecule has 0 fully saturated rings. The van der Waals surface area contributed by atoms with Crippen LogP contribution in [-0.4, -0.2) is 29.6 Å². The summed E-state index contributed by atoms with van der Waals surface area (Å²) >= 11 is 0. The molecule has 0 saturated carbocycles. The largest absolute Gasteiger partial charge is 0.487 e. The van der Waals surface area contributed by atoms with Crippen molar-refractivity contribution >= 4 is 0 Å². The molecule has 0 aromatic carbocycles. The fourth-order valence-electron chi connectivity index (χ4n) is 3.56. The lowest BCUT2D eigenvalue weighted by Gasteiger charge is -2.18. The standard InChI is InChI=1S/C25H27N5O4/c1-14-11-27-20(19-7-8-26-24(29-19)25(5,6)32)10-21(14)30-15(2)9-22(16(3)23(30)31)34-13-18-12-33-17(4)28-18/h7-12,32H,13H2,1-6H3. The van der Waals surface area contributed by atoms with Crippen LogP contribution in [0.4, 0.5) is 0 Å². The van der Waals surface area contributed by atoms with Gasteiger partial charge in [0.05, 0.1) is 22.6 Å². The zero-order chi connectivity index (χ0) is 24.6. The van der Waals surface area contributed by atoms with Gasteiger partial charge in [-0.2, -0.15) is 0 Å². The molecule has 9 nitrogen and oxygen atoms in total. The first kappa shape index (κ1) is 23.3. The van der Waals surface area contributed by atoms with Gasteiger partial charge in [-0.1, -0.05) is 0 Å². The van der Waals surface area contributed by atoms with Gasteiger partial charge in [0.15, 0.2) is 11.7 Å². The highest BCUT2D eigenvalue weighted by molar-refractivity contribution is 5.59. The number of hydrogen-bond acceptors (Lipinski definition) is 8. The summed E-state index contributed by atoms with van der Waals surface area (Å²) in [5, 5.41) is 10.3. The second kappa shape index (κ2) is 8.83. The molecule has 0 amide bonds. The Balaban J connectivity index is 1.73. The Bertz CT molecular complexity index is 1420. The van der Waals surface area contributed by atoms with E-state index in [-0.39, 0.29) is 12.2 Å². The summed E-state index contributed by atoms with van der Waals surface area (Å²) in [7, 11) is 0. The molecule has 0 aliphatic heterocycles. The van der Waals surface area contributed by atoms with E-state index in [9.17, 15) is 9.90 Å². The van der Waals surface area contributed by atoms with E-state index in [0.29, 0.717) is 51.5 Å². The summed E-state index contributed by atoms with van der Waals surface area (Å²) < 4.78 is 12.7. The Morgan fingerprint density at radius 2 is 1.85 bits per heavy atom. The summed E-state index contributed by atoms with van der Waals surface area (Å²) in [6.45, 7) is 10.7. The Kier molecular flexibility index (Phi) is 6.05. The van der Waals surface area contributed by atoms with E-state index in [1.54, 1.807) is 50.7 Å². The minimum atomic E-state index is -1.19. The van der Waals surface area contributed by atoms with Crippen LogP contribution in [0.1, 0.15) is 48.1 Å². The predicted octanol–water partition coefficient (Wildman–Crippen LogP) is 3.72. The van der Waals surface area contributed by atoms with E-state index in [2.05, 4.69) is 19.9 Å². The SMILES string of the molecule is Cc1nc(COc2cc(C)n(-c3cc(-c4ccnc(C(C)(C)O)n4)ncc3C)c(=O)c2C)co1. The van der Waals surface area contributed by atoms with Gasteiger partial charge >= 0.3 is 0 Å². The molecule has 0 saturated heterocycles. The molecule has 4 rings (SSSR count). The molecule has 176 valence electrons. The van der Waals surface area contributed by atoms with Gasteiger partial charge in [-0.25, -0.2) is 15.0 Å². The monoisotopic (exact) mass is 461 g/mol. The fourth-order valence-corrected chi connectivity index (χ4v) is 3.56. The lowest BCUT2D eigenvalue weighted by atomic mass is 10.1. The third-order valence-corrected chi connectivity index (χ3v) is 5.41. The Labute approximate surface area is 197 Å². The van der Waals surface area contributed by atoms with Crippen molar-refractivity contribution in [3.63, 3.8) is 0 Å². The van der Waals surface area contributed by atoms with Crippen molar-refractivity contribution in [2.24, 2.45) is 0 Å². The molecule has 0 aliphatic rings. The van der Waals surface area contributed by atoms with Crippen molar-refractivity contribution in [3.8, 4) is 22.8 Å². The second-order valence-electron chi connectivity index (χ2n) is 8.74. The summed E-state index contributed by atoms with van der Waals surface area (Å²) in [6, 6.07) is 5.37. The highest BCUT2D eigenvalue weighted by Crippen LogP contribution is 2.25. The molecular weight excluding hydrogens is 434 g/mol. The average molecular weight is 462 g/mol. The summed E-state index contributed by atoms with van der Waals surface area (Å²) in [4.78, 5) is 30.7. The molecule has 34 heavy (non-hydrogen) atoms. The molecule has 4 aromatic heterocycles. The third-order valence-electron chi connectivity index (χ3n) is 5.41. The molecule has 1 N–H and O–H groups in total. The average Bonchev–Trinajstić information content (AvgIpc) is 3.21. The highest BCUT2D eigenvalue weighted by Gasteiger charge is 2.21. The van der Waals surface area contributed by atoms with Gasteiger partial charge in [-0.05, 0) is 52.3 Å². The molecule has 0 unspecified atom stereocenters. The van der Waals surface area contributed by atoms with Crippen LogP contribution >= 0.6 is 0 Å². The van der Waals surface area contributed by atoms with Crippen molar-refractivity contribution in [1.29, 1.82) is 0 Å². The number of nitrogens with zero attached hydrogens (tertiary/aromatic N) is 5. The van der Waals surface area contributed by atoms with Crippen molar-refractivity contribution in [2.75, 3.05) is 0 Å². The van der Waals surface area contributed by atoms with Crippen molar-refractivity contribution < 1.29 is 14.3 Å². The van der Waals surface area contributed by atoms with E-state index in [0.717, 1.165) is 5.56 Å². The Morgan fingerprint density at radius 1 is 1.09 bits per heavy atom. The summed E-state index contributed by atoms with van der Waals surface area (Å²) in [5.74, 6) is 1.35. The van der Waals surface area contributed by atoms with Gasteiger partial charge in [0.25, 0.3) is 5.56 Å². The zero-order valence-electron chi connectivity index (χ0n) is 20.1. The molecular formula is C25H27N5O4. The van der Waals surface area contributed by atoms with Crippen LogP contribution in [0.2, 0.25) is 0 Å². The second-order valence-corrected chi connectivity index (χ2v) is 8.74. The number of ether oxygens (including phenoxy) is 1. The highest BCUT2D eigenvalue weighted by atomic mass is 16.5. The number of aromatic nitrogens is 5. The molecule has 0 bridgehead atoms. The van der Waals surface area contributed by atoms with Crippen molar-refractivity contribution in [1.82, 2.24) is 24.5 Å². The van der Waals surface area contributed by atoms with E-state index in [4.69, 9.17) is 9.15 Å². The van der Waals surface area contributed by atoms with Crippen LogP contribution in [0.15, 0.2) is 46.1 Å². The van der Waals surface area contributed by atoms with Gasteiger partial charge in [0.1, 0.15) is 29.9 Å². The topological polar surface area (TPSA) is 116 Å². The molecule has 0 atom stereocenters. The van der Waals surface area contributed by atoms with E-state index in [1.165, 1.54) is 6.26 Å². The quantitative estimate of drug-likeness (QED) is 0.462. The molecule has 0 spiro atoms. The zero-order valence-corrected chi connectivity index (χ0v) is 20.1. The maximum atomic E-state index is 13.4. The first-order valence-corrected chi connectivity index (χ1v) is 10.8. The third kappa shape index (κ3) is 4.60. The van der Waals surface area contributed by atoms with E-state index >= 15 is 0 Å². The molecule has 4 aromatic rings. The molecule has 0 aliphatic carbocycles. The molecule has 9 heteroatoms. The number of aryl methyl sites for hydroxylation is 3. The Morgan fingerprint density at radius 3 is 2.53 bits per heavy atom. The minimum absolute atomic E-state index is 0.188. The maximum absolute atomic E-state index is 13.4. The van der Waals surface area contributed by atoms with Gasteiger partial charge in [-0.15, -0.1) is 0 Å². The number of oxazole rings is 1. The number of pyridine rings is 2. The fraction of sp³-hybridized carbons (Fsp3) is 0.320. The van der Waals surface area contributed by atoms with Gasteiger partial charge in [-0.3, -0.25) is 14.3 Å². The van der Waals surface area contributed by atoms with Gasteiger partial charge in [0.2, 0.25) is 0 Å². The maximum Gasteiger partial charge on any atom is 0.261 e. The van der Waals surface area contributed by atoms with Gasteiger partial charge in [0, 0.05) is 31.1 Å². The van der Waals surface area contributed by atoms with Crippen LogP contribution < -0.4 is 10.3 Å². The van der Waals surface area contributed by atoms with Crippen LogP contribution in [0.25, 0.3) is 17.1 Å². The Hall–Kier alpha value is -3.85. The lowest BCUT2D eigenvalue weighted by molar-refractivity contribution is 0.0688. The number of hydrogen-bond donors (Lipinski definition) is 1. The smallest absolute Gasteiger partial charge is 0.261 e. The van der Waals surface area contributed by atoms with Crippen molar-refractivity contribution in [2.45, 2.75) is 53.8 Å². The van der Waals surface area contributed by atoms with Crippen LogP contribution in [0, 0.1) is 27.7 Å². The summed E-state index contributed by atoms with van der Waals surface area (Å²) in [6.07, 6.45) is 4.83. The normalized spacial score (nSPS) is 11.6. The van der Waals surface area contributed by atoms with E-state index in [1.807, 2.05) is 26.0 Å². The first-order valence-electron chi connectivity index (χ1n) is 10.8. The van der Waals surface area contributed by atoms with Crippen LogP contribution in [0.5, 0.6) is 5.75 Å². The number of rotatable bonds is 6. The van der Waals surface area contributed by atoms with Crippen LogP contribution in [-0.2, 0) is 12.2 Å². The molecule has 4 heterocycles. The minimum Gasteiger partial charge on any atom is -0.487 e. The van der Waals surface area contributed by atoms with Gasteiger partial charge < -0.3 is 14.3 Å². The predicted molar refractivity (Wildman–Crippen MR) is 126 cm³/mol. The molecule has 0 radical (unpaired) electrons. The van der Waals surface area contributed by atoms with Crippen molar-refractivity contribution in [3.05, 3.63) is 81.4 Å². The van der Waals surface area contributed by atoms with E-state index < -0.39 is 5.60 Å². The first-order chi connectivity index (χ1) is 16.0. The summed E-state index contributed by atoms with van der Waals surface area (Å²) in [5.41, 5.74) is 3.12.